The molecule has 1 heterocycles. The molecule has 3 aromatic rings. The molecule has 0 bridgehead atoms. The van der Waals surface area contributed by atoms with Crippen LogP contribution in [0.15, 0.2) is 33.5 Å². The number of anilines is 2. The van der Waals surface area contributed by atoms with Gasteiger partial charge in [-0.2, -0.15) is 0 Å². The van der Waals surface area contributed by atoms with E-state index >= 15 is 0 Å². The molecule has 0 aliphatic rings. The van der Waals surface area contributed by atoms with E-state index in [1.54, 1.807) is 12.1 Å². The van der Waals surface area contributed by atoms with Crippen molar-refractivity contribution in [1.29, 1.82) is 0 Å². The van der Waals surface area contributed by atoms with Crippen LogP contribution in [-0.4, -0.2) is 0 Å². The monoisotopic (exact) mass is 232 g/mol. The molecule has 0 aliphatic carbocycles. The predicted molar refractivity (Wildman–Crippen MR) is 66.7 cm³/mol. The number of hydrogen-bond donors (Lipinski definition) is 2. The van der Waals surface area contributed by atoms with Gasteiger partial charge >= 0.3 is 4.94 Å². The second-order valence-corrected chi connectivity index (χ2v) is 4.49. The maximum absolute atomic E-state index is 11.2. The van der Waals surface area contributed by atoms with Gasteiger partial charge in [0.1, 0.15) is 0 Å². The van der Waals surface area contributed by atoms with Crippen molar-refractivity contribution < 1.29 is 4.42 Å². The van der Waals surface area contributed by atoms with Crippen molar-refractivity contribution in [3.05, 3.63) is 34.0 Å². The van der Waals surface area contributed by atoms with Gasteiger partial charge in [0.25, 0.3) is 0 Å². The summed E-state index contributed by atoms with van der Waals surface area (Å²) in [7, 11) is 0. The first kappa shape index (κ1) is 9.23. The molecule has 4 N–H and O–H groups in total. The van der Waals surface area contributed by atoms with Crippen molar-refractivity contribution in [1.82, 2.24) is 0 Å². The topological polar surface area (TPSA) is 82.2 Å². The number of rotatable bonds is 0. The van der Waals surface area contributed by atoms with Crippen molar-refractivity contribution >= 4 is 43.8 Å². The summed E-state index contributed by atoms with van der Waals surface area (Å²) in [4.78, 5) is 10.9. The van der Waals surface area contributed by atoms with E-state index in [2.05, 4.69) is 0 Å². The molecule has 0 amide bonds. The molecule has 0 radical (unpaired) electrons. The Bertz CT molecular complexity index is 758. The van der Waals surface area contributed by atoms with E-state index in [0.29, 0.717) is 17.0 Å². The Morgan fingerprint density at radius 1 is 1.19 bits per heavy atom. The van der Waals surface area contributed by atoms with Crippen molar-refractivity contribution in [3.8, 4) is 0 Å². The van der Waals surface area contributed by atoms with Crippen LogP contribution in [0.1, 0.15) is 0 Å². The number of benzene rings is 2. The summed E-state index contributed by atoms with van der Waals surface area (Å²) in [5.41, 5.74) is 13.5. The van der Waals surface area contributed by atoms with Crippen molar-refractivity contribution in [2.24, 2.45) is 0 Å². The molecule has 0 atom stereocenters. The summed E-state index contributed by atoms with van der Waals surface area (Å²) in [6.45, 7) is 0. The van der Waals surface area contributed by atoms with E-state index in [0.717, 1.165) is 26.8 Å². The minimum atomic E-state index is -0.342. The van der Waals surface area contributed by atoms with E-state index in [1.807, 2.05) is 12.1 Å². The lowest BCUT2D eigenvalue weighted by molar-refractivity contribution is 0.589. The van der Waals surface area contributed by atoms with E-state index in [4.69, 9.17) is 15.9 Å². The zero-order chi connectivity index (χ0) is 11.3. The molecule has 3 rings (SSSR count). The van der Waals surface area contributed by atoms with Crippen LogP contribution in [0.5, 0.6) is 0 Å². The molecule has 0 saturated carbocycles. The largest absolute Gasteiger partial charge is 0.413 e. The molecular formula is C11H8N2O2S. The van der Waals surface area contributed by atoms with Gasteiger partial charge in [-0.05, 0) is 12.1 Å². The fourth-order valence-electron chi connectivity index (χ4n) is 1.84. The average molecular weight is 232 g/mol. The van der Waals surface area contributed by atoms with Crippen LogP contribution in [0, 0.1) is 0 Å². The Labute approximate surface area is 94.1 Å². The summed E-state index contributed by atoms with van der Waals surface area (Å²) in [6.07, 6.45) is 0. The SMILES string of the molecule is Nc1cc2sc(=O)oc2c2c(N)cccc12. The van der Waals surface area contributed by atoms with Gasteiger partial charge in [-0.3, -0.25) is 0 Å². The molecule has 0 spiro atoms. The number of hydrogen-bond acceptors (Lipinski definition) is 5. The number of fused-ring (bicyclic) bond motifs is 3. The minimum Gasteiger partial charge on any atom is -0.413 e. The summed E-state index contributed by atoms with van der Waals surface area (Å²) in [5.74, 6) is 0. The van der Waals surface area contributed by atoms with Gasteiger partial charge in [-0.25, -0.2) is 4.79 Å². The number of nitrogen functional groups attached to an aromatic ring is 2. The van der Waals surface area contributed by atoms with E-state index in [9.17, 15) is 4.79 Å². The molecular weight excluding hydrogens is 224 g/mol. The van der Waals surface area contributed by atoms with Gasteiger partial charge < -0.3 is 15.9 Å². The predicted octanol–water partition coefficient (Wildman–Crippen LogP) is 2.17. The van der Waals surface area contributed by atoms with Gasteiger partial charge in [-0.1, -0.05) is 23.5 Å². The van der Waals surface area contributed by atoms with Crippen molar-refractivity contribution in [3.63, 3.8) is 0 Å². The molecule has 4 nitrogen and oxygen atoms in total. The first-order chi connectivity index (χ1) is 7.66. The summed E-state index contributed by atoms with van der Waals surface area (Å²) in [5, 5.41) is 1.53. The summed E-state index contributed by atoms with van der Waals surface area (Å²) in [6, 6.07) is 7.19. The van der Waals surface area contributed by atoms with Gasteiger partial charge in [0.05, 0.1) is 10.1 Å². The Morgan fingerprint density at radius 3 is 2.81 bits per heavy atom. The molecule has 16 heavy (non-hydrogen) atoms. The van der Waals surface area contributed by atoms with Gasteiger partial charge in [-0.15, -0.1) is 0 Å². The molecule has 2 aromatic carbocycles. The highest BCUT2D eigenvalue weighted by molar-refractivity contribution is 7.16. The highest BCUT2D eigenvalue weighted by Gasteiger charge is 2.11. The third-order valence-corrected chi connectivity index (χ3v) is 3.30. The Hall–Kier alpha value is -2.01. The molecule has 0 saturated heterocycles. The van der Waals surface area contributed by atoms with Gasteiger partial charge in [0.2, 0.25) is 0 Å². The summed E-state index contributed by atoms with van der Waals surface area (Å²) < 4.78 is 5.87. The smallest absolute Gasteiger partial charge is 0.396 e. The summed E-state index contributed by atoms with van der Waals surface area (Å²) >= 11 is 1.03. The van der Waals surface area contributed by atoms with Crippen LogP contribution >= 0.6 is 11.3 Å². The van der Waals surface area contributed by atoms with Gasteiger partial charge in [0.15, 0.2) is 5.58 Å². The molecule has 0 unspecified atom stereocenters. The van der Waals surface area contributed by atoms with Crippen LogP contribution in [0.4, 0.5) is 11.4 Å². The second-order valence-electron chi connectivity index (χ2n) is 3.52. The highest BCUT2D eigenvalue weighted by atomic mass is 32.1. The average Bonchev–Trinajstić information content (AvgIpc) is 2.59. The normalized spacial score (nSPS) is 11.2. The Balaban J connectivity index is 2.71. The van der Waals surface area contributed by atoms with Crippen LogP contribution in [-0.2, 0) is 0 Å². The van der Waals surface area contributed by atoms with Crippen molar-refractivity contribution in [2.45, 2.75) is 0 Å². The Kier molecular flexibility index (Phi) is 1.73. The standard InChI is InChI=1S/C11H8N2O2S/c12-6-3-1-2-5-7(13)4-8-10(9(5)6)15-11(14)16-8/h1-4H,12-13H2. The van der Waals surface area contributed by atoms with Gasteiger partial charge in [0, 0.05) is 16.8 Å². The first-order valence-electron chi connectivity index (χ1n) is 4.67. The third-order valence-electron chi connectivity index (χ3n) is 2.52. The first-order valence-corrected chi connectivity index (χ1v) is 5.49. The van der Waals surface area contributed by atoms with E-state index < -0.39 is 0 Å². The molecule has 80 valence electrons. The zero-order valence-corrected chi connectivity index (χ0v) is 9.01. The lowest BCUT2D eigenvalue weighted by atomic mass is 10.1. The van der Waals surface area contributed by atoms with E-state index in [-0.39, 0.29) is 4.94 Å². The number of nitrogens with two attached hydrogens (primary N) is 2. The van der Waals surface area contributed by atoms with Crippen LogP contribution < -0.4 is 16.4 Å². The quantitative estimate of drug-likeness (QED) is 0.582. The molecule has 5 heteroatoms. The molecule has 0 fully saturated rings. The van der Waals surface area contributed by atoms with Crippen LogP contribution in [0.25, 0.3) is 21.1 Å². The zero-order valence-electron chi connectivity index (χ0n) is 8.19. The maximum atomic E-state index is 11.2. The molecule has 1 aromatic heterocycles. The second kappa shape index (κ2) is 2.99. The lowest BCUT2D eigenvalue weighted by Gasteiger charge is -2.04. The molecule has 0 aliphatic heterocycles. The third kappa shape index (κ3) is 1.12. The maximum Gasteiger partial charge on any atom is 0.396 e. The lowest BCUT2D eigenvalue weighted by Crippen LogP contribution is -1.91. The van der Waals surface area contributed by atoms with E-state index in [1.165, 1.54) is 0 Å². The highest BCUT2D eigenvalue weighted by Crippen LogP contribution is 2.34. The van der Waals surface area contributed by atoms with Crippen LogP contribution in [0.2, 0.25) is 0 Å². The Morgan fingerprint density at radius 2 is 2.00 bits per heavy atom. The fraction of sp³-hybridized carbons (Fsp3) is 0. The fourth-order valence-corrected chi connectivity index (χ4v) is 2.57. The van der Waals surface area contributed by atoms with Crippen LogP contribution in [0.3, 0.4) is 0 Å². The van der Waals surface area contributed by atoms with Crippen molar-refractivity contribution in [2.75, 3.05) is 11.5 Å². The minimum absolute atomic E-state index is 0.342.